The molecule has 5 heteroatoms. The molecule has 0 spiro atoms. The van der Waals surface area contributed by atoms with Crippen molar-refractivity contribution in [2.45, 2.75) is 12.5 Å². The van der Waals surface area contributed by atoms with Crippen LogP contribution in [0, 0.1) is 0 Å². The van der Waals surface area contributed by atoms with E-state index in [1.165, 1.54) is 5.56 Å². The Bertz CT molecular complexity index is 560. The van der Waals surface area contributed by atoms with E-state index in [0.29, 0.717) is 12.1 Å². The first-order valence-electron chi connectivity index (χ1n) is 6.20. The lowest BCUT2D eigenvalue weighted by molar-refractivity contribution is 0.0952. The first-order chi connectivity index (χ1) is 9.33. The average molecular weight is 254 g/mol. The minimum absolute atomic E-state index is 0.0935. The van der Waals surface area contributed by atoms with Crippen LogP contribution in [0.4, 0.5) is 5.69 Å². The highest BCUT2D eigenvalue weighted by atomic mass is 16.1. The van der Waals surface area contributed by atoms with Crippen molar-refractivity contribution in [3.05, 3.63) is 54.1 Å². The molecule has 2 aromatic heterocycles. The fourth-order valence-electron chi connectivity index (χ4n) is 2.21. The van der Waals surface area contributed by atoms with Crippen molar-refractivity contribution in [3.63, 3.8) is 0 Å². The first kappa shape index (κ1) is 11.6. The molecule has 19 heavy (non-hydrogen) atoms. The number of amides is 1. The molecule has 96 valence electrons. The van der Waals surface area contributed by atoms with Crippen molar-refractivity contribution in [2.75, 3.05) is 11.9 Å². The second-order valence-electron chi connectivity index (χ2n) is 4.53. The van der Waals surface area contributed by atoms with Crippen molar-refractivity contribution in [2.24, 2.45) is 0 Å². The van der Waals surface area contributed by atoms with E-state index in [1.807, 2.05) is 12.3 Å². The van der Waals surface area contributed by atoms with Crippen LogP contribution in [-0.2, 0) is 6.42 Å². The molecule has 3 rings (SSSR count). The predicted octanol–water partition coefficient (Wildman–Crippen LogP) is 1.24. The molecule has 5 nitrogen and oxygen atoms in total. The molecule has 1 amide bonds. The number of carbonyl (C=O) groups excluding carboxylic acids is 1. The van der Waals surface area contributed by atoms with Crippen LogP contribution < -0.4 is 10.6 Å². The molecule has 0 bridgehead atoms. The van der Waals surface area contributed by atoms with Gasteiger partial charge in [0.25, 0.3) is 5.91 Å². The van der Waals surface area contributed by atoms with Crippen LogP contribution in [0.1, 0.15) is 15.9 Å². The number of nitrogens with one attached hydrogen (secondary N) is 2. The standard InChI is InChI=1S/C14H14N4O/c19-14(11-2-1-4-15-7-11)17-8-12-6-10-3-5-16-9-13(10)18-12/h1-5,7,9,12,18H,6,8H2,(H,17,19). The summed E-state index contributed by atoms with van der Waals surface area (Å²) in [5.74, 6) is -0.0935. The largest absolute Gasteiger partial charge is 0.379 e. The smallest absolute Gasteiger partial charge is 0.252 e. The molecule has 1 aliphatic heterocycles. The van der Waals surface area contributed by atoms with E-state index < -0.39 is 0 Å². The molecule has 0 fully saturated rings. The quantitative estimate of drug-likeness (QED) is 0.865. The Hall–Kier alpha value is -2.43. The lowest BCUT2D eigenvalue weighted by Gasteiger charge is -2.12. The molecule has 0 radical (unpaired) electrons. The Labute approximate surface area is 111 Å². The molecule has 0 aliphatic carbocycles. The van der Waals surface area contributed by atoms with E-state index in [-0.39, 0.29) is 11.9 Å². The Balaban J connectivity index is 1.56. The molecule has 0 aromatic carbocycles. The Morgan fingerprint density at radius 3 is 3.00 bits per heavy atom. The second kappa shape index (κ2) is 5.06. The highest BCUT2D eigenvalue weighted by molar-refractivity contribution is 5.93. The van der Waals surface area contributed by atoms with E-state index in [1.54, 1.807) is 30.7 Å². The maximum atomic E-state index is 11.9. The van der Waals surface area contributed by atoms with Crippen LogP contribution in [0.15, 0.2) is 43.0 Å². The van der Waals surface area contributed by atoms with Gasteiger partial charge in [-0.15, -0.1) is 0 Å². The summed E-state index contributed by atoms with van der Waals surface area (Å²) >= 11 is 0. The van der Waals surface area contributed by atoms with E-state index in [9.17, 15) is 4.79 Å². The Morgan fingerprint density at radius 1 is 1.32 bits per heavy atom. The highest BCUT2D eigenvalue weighted by Gasteiger charge is 2.20. The summed E-state index contributed by atoms with van der Waals surface area (Å²) in [5.41, 5.74) is 2.89. The fraction of sp³-hybridized carbons (Fsp3) is 0.214. The normalized spacial score (nSPS) is 16.5. The van der Waals surface area contributed by atoms with Gasteiger partial charge in [0.05, 0.1) is 17.4 Å². The molecule has 1 unspecified atom stereocenters. The fourth-order valence-corrected chi connectivity index (χ4v) is 2.21. The Morgan fingerprint density at radius 2 is 2.21 bits per heavy atom. The van der Waals surface area contributed by atoms with Gasteiger partial charge in [0.2, 0.25) is 0 Å². The van der Waals surface area contributed by atoms with Crippen molar-refractivity contribution < 1.29 is 4.79 Å². The number of hydrogen-bond acceptors (Lipinski definition) is 4. The molecule has 2 N–H and O–H groups in total. The van der Waals surface area contributed by atoms with E-state index in [4.69, 9.17) is 0 Å². The van der Waals surface area contributed by atoms with Gasteiger partial charge in [-0.3, -0.25) is 14.8 Å². The molecule has 2 aromatic rings. The van der Waals surface area contributed by atoms with Gasteiger partial charge in [0, 0.05) is 31.2 Å². The predicted molar refractivity (Wildman–Crippen MR) is 71.9 cm³/mol. The van der Waals surface area contributed by atoms with Crippen molar-refractivity contribution in [1.29, 1.82) is 0 Å². The average Bonchev–Trinajstić information content (AvgIpc) is 2.88. The van der Waals surface area contributed by atoms with Gasteiger partial charge in [-0.2, -0.15) is 0 Å². The molecule has 1 atom stereocenters. The third-order valence-electron chi connectivity index (χ3n) is 3.17. The Kier molecular flexibility index (Phi) is 3.10. The molecule has 1 aliphatic rings. The number of rotatable bonds is 3. The highest BCUT2D eigenvalue weighted by Crippen LogP contribution is 2.23. The summed E-state index contributed by atoms with van der Waals surface area (Å²) in [7, 11) is 0. The van der Waals surface area contributed by atoms with Crippen LogP contribution in [0.2, 0.25) is 0 Å². The number of aromatic nitrogens is 2. The maximum absolute atomic E-state index is 11.9. The van der Waals surface area contributed by atoms with Gasteiger partial charge in [-0.05, 0) is 30.2 Å². The molecule has 3 heterocycles. The van der Waals surface area contributed by atoms with Gasteiger partial charge < -0.3 is 10.6 Å². The van der Waals surface area contributed by atoms with E-state index in [2.05, 4.69) is 20.6 Å². The van der Waals surface area contributed by atoms with Crippen LogP contribution in [0.5, 0.6) is 0 Å². The number of carbonyl (C=O) groups is 1. The third kappa shape index (κ3) is 2.54. The minimum atomic E-state index is -0.0935. The molecular formula is C14H14N4O. The van der Waals surface area contributed by atoms with Crippen molar-refractivity contribution in [1.82, 2.24) is 15.3 Å². The molecule has 0 saturated carbocycles. The van der Waals surface area contributed by atoms with Gasteiger partial charge in [0.15, 0.2) is 0 Å². The number of pyridine rings is 2. The van der Waals surface area contributed by atoms with Gasteiger partial charge in [0.1, 0.15) is 0 Å². The van der Waals surface area contributed by atoms with Gasteiger partial charge in [-0.25, -0.2) is 0 Å². The lowest BCUT2D eigenvalue weighted by Crippen LogP contribution is -2.35. The van der Waals surface area contributed by atoms with Gasteiger partial charge >= 0.3 is 0 Å². The summed E-state index contributed by atoms with van der Waals surface area (Å²) in [5, 5.41) is 6.26. The zero-order chi connectivity index (χ0) is 13.1. The van der Waals surface area contributed by atoms with E-state index in [0.717, 1.165) is 12.1 Å². The maximum Gasteiger partial charge on any atom is 0.252 e. The number of fused-ring (bicyclic) bond motifs is 1. The third-order valence-corrected chi connectivity index (χ3v) is 3.17. The first-order valence-corrected chi connectivity index (χ1v) is 6.20. The van der Waals surface area contributed by atoms with Crippen molar-refractivity contribution in [3.8, 4) is 0 Å². The van der Waals surface area contributed by atoms with Crippen LogP contribution >= 0.6 is 0 Å². The topological polar surface area (TPSA) is 66.9 Å². The van der Waals surface area contributed by atoms with Gasteiger partial charge in [-0.1, -0.05) is 0 Å². The molecular weight excluding hydrogens is 240 g/mol. The number of anilines is 1. The zero-order valence-electron chi connectivity index (χ0n) is 10.3. The minimum Gasteiger partial charge on any atom is -0.379 e. The summed E-state index contributed by atoms with van der Waals surface area (Å²) < 4.78 is 0. The number of hydrogen-bond donors (Lipinski definition) is 2. The van der Waals surface area contributed by atoms with E-state index >= 15 is 0 Å². The van der Waals surface area contributed by atoms with Crippen LogP contribution in [0.3, 0.4) is 0 Å². The monoisotopic (exact) mass is 254 g/mol. The summed E-state index contributed by atoms with van der Waals surface area (Å²) in [6.45, 7) is 0.586. The summed E-state index contributed by atoms with van der Waals surface area (Å²) in [4.78, 5) is 19.9. The SMILES string of the molecule is O=C(NCC1Cc2ccncc2N1)c1cccnc1. The summed E-state index contributed by atoms with van der Waals surface area (Å²) in [6, 6.07) is 5.73. The van der Waals surface area contributed by atoms with Crippen molar-refractivity contribution >= 4 is 11.6 Å². The zero-order valence-corrected chi connectivity index (χ0v) is 10.3. The van der Waals surface area contributed by atoms with Crippen LogP contribution in [-0.4, -0.2) is 28.5 Å². The lowest BCUT2D eigenvalue weighted by atomic mass is 10.1. The summed E-state index contributed by atoms with van der Waals surface area (Å²) in [6.07, 6.45) is 7.73. The molecule has 0 saturated heterocycles. The second-order valence-corrected chi connectivity index (χ2v) is 4.53. The van der Waals surface area contributed by atoms with Crippen LogP contribution in [0.25, 0.3) is 0 Å². The number of nitrogens with zero attached hydrogens (tertiary/aromatic N) is 2.